The highest BCUT2D eigenvalue weighted by atomic mass is 16.6. The van der Waals surface area contributed by atoms with Crippen LogP contribution in [0.3, 0.4) is 0 Å². The molecule has 5 atom stereocenters. The molecule has 1 unspecified atom stereocenters. The Kier molecular flexibility index (Phi) is 7.57. The monoisotopic (exact) mass is 387 g/mol. The molecule has 0 aliphatic carbocycles. The topological polar surface area (TPSA) is 155 Å². The van der Waals surface area contributed by atoms with Crippen LogP contribution in [0.4, 0.5) is 4.79 Å². The molecule has 0 radical (unpaired) electrons. The number of carbonyl (C=O) groups is 2. The number of carbonyl (C=O) groups excluding carboxylic acids is 2. The van der Waals surface area contributed by atoms with Crippen molar-refractivity contribution >= 4 is 12.0 Å². The Balaban J connectivity index is 1.91. The molecule has 0 aromatic heterocycles. The molecule has 10 nitrogen and oxygen atoms in total. The van der Waals surface area contributed by atoms with E-state index in [0.29, 0.717) is 6.42 Å². The van der Waals surface area contributed by atoms with E-state index in [-0.39, 0.29) is 6.61 Å². The number of hydrogen-bond donors (Lipinski definition) is 5. The van der Waals surface area contributed by atoms with Gasteiger partial charge in [0.05, 0.1) is 13.2 Å². The number of hydrogen-bond acceptors (Lipinski definition) is 8. The average molecular weight is 387 g/mol. The van der Waals surface area contributed by atoms with Crippen molar-refractivity contribution in [3.05, 3.63) is 12.3 Å². The zero-order chi connectivity index (χ0) is 20.0. The van der Waals surface area contributed by atoms with Crippen molar-refractivity contribution in [2.75, 3.05) is 13.2 Å². The number of nitrogens with two attached hydrogens (primary N) is 1. The predicted octanol–water partition coefficient (Wildman–Crippen LogP) is -0.867. The molecule has 0 aromatic rings. The molecule has 154 valence electrons. The van der Waals surface area contributed by atoms with Gasteiger partial charge in [0.2, 0.25) is 5.66 Å². The number of urea groups is 1. The first-order valence-corrected chi connectivity index (χ1v) is 9.22. The summed E-state index contributed by atoms with van der Waals surface area (Å²) in [4.78, 5) is 25.5. The number of amides is 2. The summed E-state index contributed by atoms with van der Waals surface area (Å²) in [6.07, 6.45) is 2.40. The van der Waals surface area contributed by atoms with Crippen LogP contribution in [0.5, 0.6) is 0 Å². The lowest BCUT2D eigenvalue weighted by molar-refractivity contribution is -0.149. The fraction of sp³-hybridized carbons (Fsp3) is 0.765. The highest BCUT2D eigenvalue weighted by Gasteiger charge is 2.49. The van der Waals surface area contributed by atoms with E-state index in [9.17, 15) is 19.8 Å². The van der Waals surface area contributed by atoms with E-state index in [0.717, 1.165) is 30.6 Å². The van der Waals surface area contributed by atoms with Gasteiger partial charge in [-0.25, -0.2) is 9.59 Å². The number of ether oxygens (including phenoxy) is 2. The van der Waals surface area contributed by atoms with Crippen molar-refractivity contribution in [1.29, 1.82) is 0 Å². The molecule has 1 fully saturated rings. The van der Waals surface area contributed by atoms with Gasteiger partial charge in [-0.2, -0.15) is 0 Å². The van der Waals surface area contributed by atoms with E-state index in [1.807, 2.05) is 0 Å². The average Bonchev–Trinajstić information content (AvgIpc) is 2.92. The number of aliphatic hydroxyl groups is 3. The summed E-state index contributed by atoms with van der Waals surface area (Å²) in [6.45, 7) is 1.81. The number of esters is 1. The molecule has 27 heavy (non-hydrogen) atoms. The minimum Gasteiger partial charge on any atom is -0.463 e. The molecule has 6 N–H and O–H groups in total. The van der Waals surface area contributed by atoms with E-state index < -0.39 is 48.8 Å². The third-order valence-electron chi connectivity index (χ3n) is 4.66. The predicted molar refractivity (Wildman–Crippen MR) is 93.9 cm³/mol. The quantitative estimate of drug-likeness (QED) is 0.253. The molecule has 10 heteroatoms. The highest BCUT2D eigenvalue weighted by molar-refractivity contribution is 5.90. The van der Waals surface area contributed by atoms with Crippen molar-refractivity contribution in [1.82, 2.24) is 10.2 Å². The Morgan fingerprint density at radius 3 is 2.63 bits per heavy atom. The van der Waals surface area contributed by atoms with Crippen molar-refractivity contribution in [3.8, 4) is 0 Å². The molecule has 2 aliphatic heterocycles. The molecule has 0 spiro atoms. The van der Waals surface area contributed by atoms with Gasteiger partial charge in [-0.1, -0.05) is 32.6 Å². The third-order valence-corrected chi connectivity index (χ3v) is 4.66. The normalized spacial score (nSPS) is 33.2. The van der Waals surface area contributed by atoms with Gasteiger partial charge in [-0.05, 0) is 12.5 Å². The van der Waals surface area contributed by atoms with Crippen LogP contribution in [-0.4, -0.2) is 75.6 Å². The van der Waals surface area contributed by atoms with Crippen LogP contribution in [0, 0.1) is 0 Å². The number of nitrogens with one attached hydrogen (secondary N) is 1. The minimum atomic E-state index is -1.82. The van der Waals surface area contributed by atoms with Crippen molar-refractivity contribution in [3.63, 3.8) is 0 Å². The Morgan fingerprint density at radius 2 is 2.04 bits per heavy atom. The molecule has 0 bridgehead atoms. The van der Waals surface area contributed by atoms with E-state index >= 15 is 0 Å². The van der Waals surface area contributed by atoms with E-state index in [4.69, 9.17) is 20.3 Å². The van der Waals surface area contributed by atoms with Crippen LogP contribution < -0.4 is 11.1 Å². The lowest BCUT2D eigenvalue weighted by Crippen LogP contribution is -2.66. The number of nitrogens with zero attached hydrogens (tertiary/aromatic N) is 1. The van der Waals surface area contributed by atoms with Crippen LogP contribution in [0.2, 0.25) is 0 Å². The number of aliphatic hydroxyl groups excluding tert-OH is 3. The van der Waals surface area contributed by atoms with E-state index in [1.165, 1.54) is 12.3 Å². The van der Waals surface area contributed by atoms with E-state index in [2.05, 4.69) is 12.2 Å². The van der Waals surface area contributed by atoms with Crippen LogP contribution in [0.1, 0.15) is 39.0 Å². The summed E-state index contributed by atoms with van der Waals surface area (Å²) >= 11 is 0. The zero-order valence-electron chi connectivity index (χ0n) is 15.4. The molecular formula is C17H29N3O7. The number of unbranched alkanes of at least 4 members (excludes halogenated alkanes) is 4. The molecule has 0 aromatic carbocycles. The minimum absolute atomic E-state index is 0.212. The van der Waals surface area contributed by atoms with E-state index in [1.54, 1.807) is 0 Å². The summed E-state index contributed by atoms with van der Waals surface area (Å²) < 4.78 is 10.4. The van der Waals surface area contributed by atoms with Gasteiger partial charge in [-0.15, -0.1) is 0 Å². The molecule has 0 saturated carbocycles. The van der Waals surface area contributed by atoms with Crippen LogP contribution >= 0.6 is 0 Å². The molecular weight excluding hydrogens is 358 g/mol. The van der Waals surface area contributed by atoms with Gasteiger partial charge in [0.25, 0.3) is 0 Å². The van der Waals surface area contributed by atoms with Gasteiger partial charge < -0.3 is 30.1 Å². The summed E-state index contributed by atoms with van der Waals surface area (Å²) in [6, 6.07) is -0.797. The highest BCUT2D eigenvalue weighted by Crippen LogP contribution is 2.26. The van der Waals surface area contributed by atoms with Crippen LogP contribution in [0.15, 0.2) is 12.3 Å². The Morgan fingerprint density at radius 1 is 1.33 bits per heavy atom. The third kappa shape index (κ3) is 4.96. The second kappa shape index (κ2) is 9.47. The first-order valence-electron chi connectivity index (χ1n) is 9.22. The second-order valence-corrected chi connectivity index (χ2v) is 6.80. The Hall–Kier alpha value is -1.72. The molecule has 2 heterocycles. The summed E-state index contributed by atoms with van der Waals surface area (Å²) in [5.41, 5.74) is 4.10. The largest absolute Gasteiger partial charge is 0.463 e. The maximum absolute atomic E-state index is 12.3. The van der Waals surface area contributed by atoms with Gasteiger partial charge in [0, 0.05) is 6.20 Å². The Bertz CT molecular complexity index is 559. The molecule has 2 rings (SSSR count). The first kappa shape index (κ1) is 21.6. The fourth-order valence-corrected chi connectivity index (χ4v) is 2.97. The van der Waals surface area contributed by atoms with Crippen molar-refractivity contribution in [2.24, 2.45) is 5.73 Å². The fourth-order valence-electron chi connectivity index (χ4n) is 2.97. The molecule has 1 saturated heterocycles. The van der Waals surface area contributed by atoms with Gasteiger partial charge in [0.1, 0.15) is 18.3 Å². The van der Waals surface area contributed by atoms with Crippen LogP contribution in [0.25, 0.3) is 0 Å². The van der Waals surface area contributed by atoms with Gasteiger partial charge in [-0.3, -0.25) is 10.6 Å². The zero-order valence-corrected chi connectivity index (χ0v) is 15.4. The Labute approximate surface area is 157 Å². The second-order valence-electron chi connectivity index (χ2n) is 6.80. The standard InChI is InChI=1S/C17H29N3O7/c1-2-3-4-5-6-9-26-15(24)17(18)7-8-20(16(25)19-17)14-13(23)12(22)11(10-21)27-14/h7-8,11-14,21-23H,2-6,9-10,18H2,1H3,(H,19,25)/t11-,12-,13-,14-,17?/m1/s1. The SMILES string of the molecule is CCCCCCCOC(=O)C1(N)C=CN([C@@H]2O[C@H](CO)[C@@H](O)[C@H]2O)C(=O)N1. The maximum Gasteiger partial charge on any atom is 0.351 e. The smallest absolute Gasteiger partial charge is 0.351 e. The summed E-state index contributed by atoms with van der Waals surface area (Å²) in [5, 5.41) is 31.2. The lowest BCUT2D eigenvalue weighted by Gasteiger charge is -2.36. The summed E-state index contributed by atoms with van der Waals surface area (Å²) in [5.74, 6) is -0.789. The maximum atomic E-state index is 12.3. The van der Waals surface area contributed by atoms with Gasteiger partial charge >= 0.3 is 12.0 Å². The number of rotatable bonds is 9. The van der Waals surface area contributed by atoms with Crippen molar-refractivity contribution < 1.29 is 34.4 Å². The molecule has 2 amide bonds. The lowest BCUT2D eigenvalue weighted by atomic mass is 10.1. The van der Waals surface area contributed by atoms with Crippen molar-refractivity contribution in [2.45, 2.75) is 69.2 Å². The first-order chi connectivity index (χ1) is 12.8. The summed E-state index contributed by atoms with van der Waals surface area (Å²) in [7, 11) is 0. The van der Waals surface area contributed by atoms with Crippen LogP contribution in [-0.2, 0) is 14.3 Å². The van der Waals surface area contributed by atoms with Gasteiger partial charge in [0.15, 0.2) is 6.23 Å². The molecule has 2 aliphatic rings.